The zero-order valence-corrected chi connectivity index (χ0v) is 17.8. The number of ether oxygens (including phenoxy) is 1. The van der Waals surface area contributed by atoms with E-state index < -0.39 is 18.0 Å². The van der Waals surface area contributed by atoms with Crippen LogP contribution < -0.4 is 10.1 Å². The van der Waals surface area contributed by atoms with E-state index in [-0.39, 0.29) is 12.1 Å². The van der Waals surface area contributed by atoms with Gasteiger partial charge in [-0.25, -0.2) is 14.3 Å². The molecule has 0 aliphatic heterocycles. The van der Waals surface area contributed by atoms with Crippen molar-refractivity contribution in [3.63, 3.8) is 0 Å². The Bertz CT molecular complexity index is 850. The Kier molecular flexibility index (Phi) is 9.51. The van der Waals surface area contributed by atoms with Crippen molar-refractivity contribution in [2.75, 3.05) is 13.2 Å². The fraction of sp³-hybridized carbons (Fsp3) is 0.350. The van der Waals surface area contributed by atoms with Gasteiger partial charge in [-0.1, -0.05) is 18.2 Å². The summed E-state index contributed by atoms with van der Waals surface area (Å²) in [5.74, 6) is -3.04. The zero-order valence-electron chi connectivity index (χ0n) is 17.0. The molecule has 4 N–H and O–H groups in total. The van der Waals surface area contributed by atoms with Crippen LogP contribution in [0, 0.1) is 0 Å². The maximum atomic E-state index is 10.1. The van der Waals surface area contributed by atoms with Gasteiger partial charge in [0.15, 0.2) is 0 Å². The molecule has 0 saturated heterocycles. The molecule has 1 unspecified atom stereocenters. The number of aliphatic hydroxyl groups is 1. The summed E-state index contributed by atoms with van der Waals surface area (Å²) >= 11 is 6.10. The molecule has 0 spiro atoms. The number of β-amino-alcohol motifs (C(OH)–C–C–N with tert-alkyl or cyclic N) is 1. The van der Waals surface area contributed by atoms with Crippen LogP contribution in [-0.2, 0) is 9.59 Å². The highest BCUT2D eigenvalue weighted by atomic mass is 35.5. The van der Waals surface area contributed by atoms with Crippen LogP contribution in [0.15, 0.2) is 43.2 Å². The number of rotatable bonds is 7. The Morgan fingerprint density at radius 1 is 1.30 bits per heavy atom. The maximum Gasteiger partial charge on any atom is 0.414 e. The number of aromatic nitrogens is 2. The number of nitrogens with one attached hydrogen (secondary N) is 1. The Hall–Kier alpha value is -2.88. The van der Waals surface area contributed by atoms with Gasteiger partial charge in [-0.3, -0.25) is 0 Å². The van der Waals surface area contributed by atoms with Crippen molar-refractivity contribution in [2.45, 2.75) is 32.4 Å². The summed E-state index contributed by atoms with van der Waals surface area (Å²) in [6.07, 6.45) is 2.86. The molecule has 10 heteroatoms. The van der Waals surface area contributed by atoms with E-state index in [1.807, 2.05) is 26.8 Å². The first-order valence-corrected chi connectivity index (χ1v) is 9.29. The first-order chi connectivity index (χ1) is 13.9. The smallest absolute Gasteiger partial charge is 0.414 e. The molecule has 1 aromatic heterocycles. The van der Waals surface area contributed by atoms with Crippen LogP contribution in [0.5, 0.6) is 5.75 Å². The van der Waals surface area contributed by atoms with Gasteiger partial charge in [-0.2, -0.15) is 5.10 Å². The molecule has 0 bridgehead atoms. The molecule has 1 atom stereocenters. The van der Waals surface area contributed by atoms with E-state index in [1.165, 1.54) is 0 Å². The highest BCUT2D eigenvalue weighted by Crippen LogP contribution is 2.29. The second-order valence-electron chi connectivity index (χ2n) is 7.24. The molecule has 9 nitrogen and oxygen atoms in total. The van der Waals surface area contributed by atoms with Gasteiger partial charge in [-0.15, -0.1) is 0 Å². The van der Waals surface area contributed by atoms with E-state index in [2.05, 4.69) is 17.0 Å². The predicted molar refractivity (Wildman–Crippen MR) is 113 cm³/mol. The molecule has 30 heavy (non-hydrogen) atoms. The number of carboxylic acids is 2. The minimum absolute atomic E-state index is 0.0548. The van der Waals surface area contributed by atoms with Gasteiger partial charge in [0.2, 0.25) is 0 Å². The number of carboxylic acid groups (broad SMARTS) is 2. The molecule has 1 aromatic carbocycles. The van der Waals surface area contributed by atoms with Gasteiger partial charge in [0, 0.05) is 35.1 Å². The quantitative estimate of drug-likeness (QED) is 0.483. The van der Waals surface area contributed by atoms with Crippen molar-refractivity contribution in [1.82, 2.24) is 15.1 Å². The number of benzene rings is 1. The molecular formula is C20H26ClN3O6. The fourth-order valence-corrected chi connectivity index (χ4v) is 2.25. The van der Waals surface area contributed by atoms with E-state index >= 15 is 0 Å². The van der Waals surface area contributed by atoms with Crippen molar-refractivity contribution in [3.8, 4) is 5.75 Å². The predicted octanol–water partition coefficient (Wildman–Crippen LogP) is 2.34. The van der Waals surface area contributed by atoms with Crippen LogP contribution in [-0.4, -0.2) is 61.8 Å². The highest BCUT2D eigenvalue weighted by molar-refractivity contribution is 6.30. The fourth-order valence-electron chi connectivity index (χ4n) is 2.07. The van der Waals surface area contributed by atoms with Gasteiger partial charge >= 0.3 is 11.9 Å². The number of halogens is 1. The van der Waals surface area contributed by atoms with Crippen LogP contribution in [0.3, 0.4) is 0 Å². The van der Waals surface area contributed by atoms with Crippen molar-refractivity contribution >= 4 is 29.2 Å². The Balaban J connectivity index is 0.000000656. The van der Waals surface area contributed by atoms with Gasteiger partial charge in [0.05, 0.1) is 5.70 Å². The lowest BCUT2D eigenvalue weighted by atomic mass is 10.1. The Morgan fingerprint density at radius 3 is 2.43 bits per heavy atom. The third-order valence-electron chi connectivity index (χ3n) is 3.52. The first-order valence-electron chi connectivity index (χ1n) is 8.91. The lowest BCUT2D eigenvalue weighted by Crippen LogP contribution is -2.42. The van der Waals surface area contributed by atoms with Crippen LogP contribution in [0.1, 0.15) is 26.3 Å². The number of aliphatic carboxylic acids is 2. The summed E-state index contributed by atoms with van der Waals surface area (Å²) in [5, 5.41) is 32.9. The number of nitrogens with zero attached hydrogens (tertiary/aromatic N) is 2. The lowest BCUT2D eigenvalue weighted by molar-refractivity contribution is -0.159. The average molecular weight is 440 g/mol. The monoisotopic (exact) mass is 439 g/mol. The molecule has 0 aliphatic carbocycles. The molecule has 1 heterocycles. The average Bonchev–Trinajstić information content (AvgIpc) is 3.19. The summed E-state index contributed by atoms with van der Waals surface area (Å²) in [6, 6.07) is 7.12. The highest BCUT2D eigenvalue weighted by Gasteiger charge is 2.15. The molecule has 0 amide bonds. The second-order valence-corrected chi connectivity index (χ2v) is 7.68. The molecule has 2 aromatic rings. The largest absolute Gasteiger partial charge is 0.490 e. The number of aliphatic hydroxyl groups excluding tert-OH is 1. The molecule has 0 aliphatic rings. The van der Waals surface area contributed by atoms with E-state index in [0.29, 0.717) is 23.0 Å². The van der Waals surface area contributed by atoms with Crippen LogP contribution in [0.2, 0.25) is 5.02 Å². The Labute approximate surface area is 179 Å². The molecular weight excluding hydrogens is 414 g/mol. The SMILES string of the molecule is C=C(c1cc(Cl)ccc1OCC(O)CNC(C)(C)C)n1cccn1.O=C(O)C(=O)O. The van der Waals surface area contributed by atoms with Crippen molar-refractivity contribution in [2.24, 2.45) is 0 Å². The minimum Gasteiger partial charge on any atom is -0.490 e. The third kappa shape index (κ3) is 9.08. The van der Waals surface area contributed by atoms with Gasteiger partial charge in [-0.05, 0) is 45.0 Å². The summed E-state index contributed by atoms with van der Waals surface area (Å²) in [7, 11) is 0. The van der Waals surface area contributed by atoms with E-state index in [4.69, 9.17) is 36.1 Å². The summed E-state index contributed by atoms with van der Waals surface area (Å²) < 4.78 is 7.44. The number of hydrogen-bond donors (Lipinski definition) is 4. The standard InChI is InChI=1S/C18H24ClN3O2.C2H2O4/c1-13(22-9-5-8-21-22)16-10-14(19)6-7-17(16)24-12-15(23)11-20-18(2,3)4;3-1(4)2(5)6/h5-10,15,20,23H,1,11-12H2,2-4H3;(H,3,4)(H,5,6). The topological polar surface area (TPSA) is 134 Å². The van der Waals surface area contributed by atoms with Crippen LogP contribution in [0.4, 0.5) is 0 Å². The third-order valence-corrected chi connectivity index (χ3v) is 3.75. The van der Waals surface area contributed by atoms with Crippen LogP contribution >= 0.6 is 11.6 Å². The Morgan fingerprint density at radius 2 is 1.93 bits per heavy atom. The van der Waals surface area contributed by atoms with Gasteiger partial charge in [0.1, 0.15) is 18.5 Å². The van der Waals surface area contributed by atoms with E-state index in [9.17, 15) is 5.11 Å². The second kappa shape index (κ2) is 11.3. The van der Waals surface area contributed by atoms with Crippen LogP contribution in [0.25, 0.3) is 5.70 Å². The minimum atomic E-state index is -1.82. The van der Waals surface area contributed by atoms with Crippen molar-refractivity contribution in [1.29, 1.82) is 0 Å². The number of hydrogen-bond acceptors (Lipinski definition) is 6. The van der Waals surface area contributed by atoms with E-state index in [1.54, 1.807) is 35.3 Å². The summed E-state index contributed by atoms with van der Waals surface area (Å²) in [5.41, 5.74) is 1.34. The molecule has 2 rings (SSSR count). The van der Waals surface area contributed by atoms with Crippen molar-refractivity contribution < 1.29 is 29.6 Å². The summed E-state index contributed by atoms with van der Waals surface area (Å²) in [6.45, 7) is 10.8. The summed E-state index contributed by atoms with van der Waals surface area (Å²) in [4.78, 5) is 18.2. The molecule has 0 fully saturated rings. The number of carbonyl (C=O) groups is 2. The zero-order chi connectivity index (χ0) is 22.9. The molecule has 0 saturated carbocycles. The first kappa shape index (κ1) is 25.2. The molecule has 0 radical (unpaired) electrons. The van der Waals surface area contributed by atoms with E-state index in [0.717, 1.165) is 5.56 Å². The maximum absolute atomic E-state index is 10.1. The normalized spacial score (nSPS) is 11.8. The molecule has 164 valence electrons. The van der Waals surface area contributed by atoms with Crippen molar-refractivity contribution in [3.05, 3.63) is 53.8 Å². The van der Waals surface area contributed by atoms with Gasteiger partial charge in [0.25, 0.3) is 0 Å². The van der Waals surface area contributed by atoms with Gasteiger partial charge < -0.3 is 25.4 Å². The lowest BCUT2D eigenvalue weighted by Gasteiger charge is -2.23.